The number of hydrogen-bond donors (Lipinski definition) is 0. The Balaban J connectivity index is 1.98. The fraction of sp³-hybridized carbons (Fsp3) is 0.353. The Hall–Kier alpha value is -1.79. The van der Waals surface area contributed by atoms with Crippen LogP contribution in [0, 0.1) is 0 Å². The highest BCUT2D eigenvalue weighted by Gasteiger charge is 2.12. The summed E-state index contributed by atoms with van der Waals surface area (Å²) >= 11 is 7.87. The molecule has 0 bridgehead atoms. The molecule has 0 saturated heterocycles. The zero-order chi connectivity index (χ0) is 17.3. The second kappa shape index (κ2) is 6.99. The molecule has 0 atom stereocenters. The molecule has 0 spiro atoms. The number of nitrogens with zero attached hydrogens (tertiary/aromatic N) is 3. The molecule has 0 fully saturated rings. The molecule has 0 aliphatic heterocycles. The highest BCUT2D eigenvalue weighted by Crippen LogP contribution is 2.29. The number of hydrogen-bond acceptors (Lipinski definition) is 5. The summed E-state index contributed by atoms with van der Waals surface area (Å²) in [5.74, 6) is 1.53. The molecular weight excluding hydrogens is 346 g/mol. The van der Waals surface area contributed by atoms with Crippen LogP contribution in [0.25, 0.3) is 11.0 Å². The first-order chi connectivity index (χ1) is 11.5. The third-order valence-corrected chi connectivity index (χ3v) is 5.40. The van der Waals surface area contributed by atoms with E-state index in [2.05, 4.69) is 10.2 Å². The Bertz CT molecular complexity index is 949. The van der Waals surface area contributed by atoms with Crippen LogP contribution in [0.4, 0.5) is 0 Å². The van der Waals surface area contributed by atoms with Crippen molar-refractivity contribution in [3.8, 4) is 0 Å². The van der Waals surface area contributed by atoms with Crippen LogP contribution in [0.1, 0.15) is 30.8 Å². The van der Waals surface area contributed by atoms with E-state index in [9.17, 15) is 4.79 Å². The van der Waals surface area contributed by atoms with Gasteiger partial charge in [-0.2, -0.15) is 0 Å². The van der Waals surface area contributed by atoms with Gasteiger partial charge in [0.15, 0.2) is 5.16 Å². The predicted molar refractivity (Wildman–Crippen MR) is 96.8 cm³/mol. The van der Waals surface area contributed by atoms with Crippen molar-refractivity contribution < 1.29 is 4.42 Å². The minimum absolute atomic E-state index is 0.352. The predicted octanol–water partition coefficient (Wildman–Crippen LogP) is 3.99. The average molecular weight is 364 g/mol. The van der Waals surface area contributed by atoms with Gasteiger partial charge in [0.2, 0.25) is 0 Å². The third-order valence-electron chi connectivity index (χ3n) is 3.98. The lowest BCUT2D eigenvalue weighted by Crippen LogP contribution is -2.01. The summed E-state index contributed by atoms with van der Waals surface area (Å²) < 4.78 is 7.31. The fourth-order valence-corrected chi connectivity index (χ4v) is 3.82. The van der Waals surface area contributed by atoms with Crippen molar-refractivity contribution >= 4 is 34.3 Å². The van der Waals surface area contributed by atoms with Gasteiger partial charge in [0.05, 0.1) is 0 Å². The van der Waals surface area contributed by atoms with E-state index >= 15 is 0 Å². The number of aryl methyl sites for hydroxylation is 2. The Morgan fingerprint density at radius 2 is 1.96 bits per heavy atom. The lowest BCUT2D eigenvalue weighted by atomic mass is 10.1. The Morgan fingerprint density at radius 1 is 1.17 bits per heavy atom. The first-order valence-electron chi connectivity index (χ1n) is 7.79. The summed E-state index contributed by atoms with van der Waals surface area (Å²) in [4.78, 5) is 11.9. The van der Waals surface area contributed by atoms with Crippen molar-refractivity contribution in [1.29, 1.82) is 0 Å². The molecule has 0 amide bonds. The van der Waals surface area contributed by atoms with Gasteiger partial charge in [-0.15, -0.1) is 10.2 Å². The molecule has 126 valence electrons. The van der Waals surface area contributed by atoms with E-state index in [1.807, 2.05) is 37.6 Å². The van der Waals surface area contributed by atoms with Gasteiger partial charge >= 0.3 is 5.63 Å². The molecule has 7 heteroatoms. The first-order valence-corrected chi connectivity index (χ1v) is 9.16. The van der Waals surface area contributed by atoms with Crippen LogP contribution in [0.3, 0.4) is 0 Å². The first kappa shape index (κ1) is 17.0. The summed E-state index contributed by atoms with van der Waals surface area (Å²) in [6, 6.07) is 5.25. The Labute approximate surface area is 149 Å². The van der Waals surface area contributed by atoms with Crippen molar-refractivity contribution in [1.82, 2.24) is 14.8 Å². The summed E-state index contributed by atoms with van der Waals surface area (Å²) in [5.41, 5.74) is 2.08. The number of aromatic nitrogens is 3. The molecule has 1 aromatic carbocycles. The number of halogens is 1. The summed E-state index contributed by atoms with van der Waals surface area (Å²) in [6.45, 7) is 4.06. The van der Waals surface area contributed by atoms with Crippen LogP contribution in [-0.4, -0.2) is 14.8 Å². The molecule has 0 radical (unpaired) electrons. The molecule has 3 aromatic rings. The standard InChI is InChI=1S/C17H18ClN3O2S/c1-4-10-6-14-12(8-13(10)18)11(7-16(22)23-14)9-24-17-20-19-15(5-2)21(17)3/h6-8H,4-5,9H2,1-3H3. The van der Waals surface area contributed by atoms with E-state index in [0.29, 0.717) is 16.4 Å². The molecule has 0 aliphatic carbocycles. The van der Waals surface area contributed by atoms with E-state index in [0.717, 1.165) is 40.3 Å². The van der Waals surface area contributed by atoms with Crippen LogP contribution in [0.2, 0.25) is 5.02 Å². The van der Waals surface area contributed by atoms with E-state index in [-0.39, 0.29) is 5.63 Å². The van der Waals surface area contributed by atoms with Gasteiger partial charge in [0.1, 0.15) is 11.4 Å². The summed E-state index contributed by atoms with van der Waals surface area (Å²) in [5, 5.41) is 10.7. The van der Waals surface area contributed by atoms with Crippen LogP contribution in [0.15, 0.2) is 32.6 Å². The molecule has 0 unspecified atom stereocenters. The number of benzene rings is 1. The van der Waals surface area contributed by atoms with Gasteiger partial charge in [-0.1, -0.05) is 37.2 Å². The van der Waals surface area contributed by atoms with Gasteiger partial charge in [-0.25, -0.2) is 4.79 Å². The van der Waals surface area contributed by atoms with E-state index in [1.54, 1.807) is 11.8 Å². The average Bonchev–Trinajstić information content (AvgIpc) is 2.92. The third kappa shape index (κ3) is 3.21. The van der Waals surface area contributed by atoms with Gasteiger partial charge in [0.25, 0.3) is 0 Å². The molecule has 0 aliphatic rings. The van der Waals surface area contributed by atoms with Gasteiger partial charge in [-0.05, 0) is 29.7 Å². The fourth-order valence-electron chi connectivity index (χ4n) is 2.60. The van der Waals surface area contributed by atoms with Gasteiger partial charge in [0, 0.05) is 35.7 Å². The number of fused-ring (bicyclic) bond motifs is 1. The maximum absolute atomic E-state index is 11.9. The molecule has 5 nitrogen and oxygen atoms in total. The Morgan fingerprint density at radius 3 is 2.62 bits per heavy atom. The van der Waals surface area contributed by atoms with Crippen molar-refractivity contribution in [2.75, 3.05) is 0 Å². The zero-order valence-electron chi connectivity index (χ0n) is 13.8. The lowest BCUT2D eigenvalue weighted by molar-refractivity contribution is 0.559. The van der Waals surface area contributed by atoms with Gasteiger partial charge < -0.3 is 8.98 Å². The van der Waals surface area contributed by atoms with Gasteiger partial charge in [-0.3, -0.25) is 0 Å². The minimum atomic E-state index is -0.352. The monoisotopic (exact) mass is 363 g/mol. The Kier molecular flexibility index (Phi) is 4.96. The van der Waals surface area contributed by atoms with Crippen LogP contribution in [-0.2, 0) is 25.6 Å². The normalized spacial score (nSPS) is 11.3. The lowest BCUT2D eigenvalue weighted by Gasteiger charge is -2.08. The highest BCUT2D eigenvalue weighted by molar-refractivity contribution is 7.98. The molecule has 0 N–H and O–H groups in total. The molecule has 24 heavy (non-hydrogen) atoms. The van der Waals surface area contributed by atoms with Crippen LogP contribution in [0.5, 0.6) is 0 Å². The van der Waals surface area contributed by atoms with E-state index in [4.69, 9.17) is 16.0 Å². The molecule has 2 heterocycles. The molecule has 2 aromatic heterocycles. The maximum Gasteiger partial charge on any atom is 0.336 e. The molecular formula is C17H18ClN3O2S. The molecule has 0 saturated carbocycles. The quantitative estimate of drug-likeness (QED) is 0.506. The second-order valence-electron chi connectivity index (χ2n) is 5.48. The minimum Gasteiger partial charge on any atom is -0.423 e. The summed E-state index contributed by atoms with van der Waals surface area (Å²) in [6.07, 6.45) is 1.62. The topological polar surface area (TPSA) is 60.9 Å². The van der Waals surface area contributed by atoms with Crippen molar-refractivity contribution in [2.24, 2.45) is 7.05 Å². The highest BCUT2D eigenvalue weighted by atomic mass is 35.5. The summed E-state index contributed by atoms with van der Waals surface area (Å²) in [7, 11) is 1.95. The second-order valence-corrected chi connectivity index (χ2v) is 6.83. The van der Waals surface area contributed by atoms with E-state index in [1.165, 1.54) is 6.07 Å². The smallest absolute Gasteiger partial charge is 0.336 e. The SMILES string of the molecule is CCc1cc2oc(=O)cc(CSc3nnc(CC)n3C)c2cc1Cl. The van der Waals surface area contributed by atoms with Crippen molar-refractivity contribution in [3.05, 3.63) is 50.6 Å². The van der Waals surface area contributed by atoms with E-state index < -0.39 is 0 Å². The largest absolute Gasteiger partial charge is 0.423 e. The zero-order valence-corrected chi connectivity index (χ0v) is 15.4. The number of rotatable bonds is 5. The number of thioether (sulfide) groups is 1. The molecule has 3 rings (SSSR count). The van der Waals surface area contributed by atoms with Crippen LogP contribution < -0.4 is 5.63 Å². The van der Waals surface area contributed by atoms with Crippen molar-refractivity contribution in [3.63, 3.8) is 0 Å². The van der Waals surface area contributed by atoms with Crippen LogP contribution >= 0.6 is 23.4 Å². The van der Waals surface area contributed by atoms with Crippen molar-refractivity contribution in [2.45, 2.75) is 37.6 Å². The maximum atomic E-state index is 11.9.